The molecule has 154 valence electrons. The van der Waals surface area contributed by atoms with Crippen molar-refractivity contribution < 1.29 is 23.0 Å². The van der Waals surface area contributed by atoms with Crippen molar-refractivity contribution >= 4 is 23.2 Å². The Morgan fingerprint density at radius 3 is 2.80 bits per heavy atom. The molecule has 0 spiro atoms. The normalized spacial score (nSPS) is 15.1. The molecule has 1 amide bonds. The number of carbonyl (C=O) groups excluding carboxylic acids is 1. The molecule has 0 saturated carbocycles. The second-order valence-corrected chi connectivity index (χ2v) is 7.02. The number of ether oxygens (including phenoxy) is 2. The first-order valence-corrected chi connectivity index (χ1v) is 9.79. The number of hydrogen-bond acceptors (Lipinski definition) is 4. The van der Waals surface area contributed by atoms with Crippen LogP contribution in [-0.4, -0.2) is 16.8 Å². The first-order chi connectivity index (χ1) is 14.5. The number of nitrogens with zero attached hydrogens (tertiary/aromatic N) is 1. The Hall–Kier alpha value is -3.19. The highest BCUT2D eigenvalue weighted by atomic mass is 35.5. The summed E-state index contributed by atoms with van der Waals surface area (Å²) in [6.45, 7) is 0. The highest BCUT2D eigenvalue weighted by Crippen LogP contribution is 2.38. The van der Waals surface area contributed by atoms with Gasteiger partial charge < -0.3 is 14.8 Å². The number of anilines is 1. The van der Waals surface area contributed by atoms with Gasteiger partial charge in [0.2, 0.25) is 11.8 Å². The highest BCUT2D eigenvalue weighted by Gasteiger charge is 2.24. The van der Waals surface area contributed by atoms with E-state index in [2.05, 4.69) is 10.3 Å². The topological polar surface area (TPSA) is 60.5 Å². The van der Waals surface area contributed by atoms with Crippen LogP contribution in [0.4, 0.5) is 14.5 Å². The zero-order chi connectivity index (χ0) is 21.1. The van der Waals surface area contributed by atoms with Gasteiger partial charge >= 0.3 is 0 Å². The third-order valence-electron chi connectivity index (χ3n) is 4.65. The average Bonchev–Trinajstić information content (AvgIpc) is 2.75. The summed E-state index contributed by atoms with van der Waals surface area (Å²) in [6.07, 6.45) is 2.22. The van der Waals surface area contributed by atoms with Crippen molar-refractivity contribution in [3.05, 3.63) is 77.5 Å². The first-order valence-electron chi connectivity index (χ1n) is 9.26. The fraction of sp³-hybridized carbons (Fsp3) is 0.182. The van der Waals surface area contributed by atoms with Crippen LogP contribution >= 0.6 is 11.6 Å². The van der Waals surface area contributed by atoms with Crippen molar-refractivity contribution in [1.29, 1.82) is 0 Å². The number of rotatable bonds is 5. The number of fused-ring (bicyclic) bond motifs is 1. The van der Waals surface area contributed by atoms with E-state index in [-0.39, 0.29) is 11.8 Å². The summed E-state index contributed by atoms with van der Waals surface area (Å²) in [6, 6.07) is 12.1. The van der Waals surface area contributed by atoms with Gasteiger partial charge in [-0.2, -0.15) is 0 Å². The Labute approximate surface area is 176 Å². The molecule has 1 aromatic heterocycles. The van der Waals surface area contributed by atoms with E-state index in [1.807, 2.05) is 6.07 Å². The zero-order valence-electron chi connectivity index (χ0n) is 15.7. The van der Waals surface area contributed by atoms with E-state index >= 15 is 0 Å². The Bertz CT molecular complexity index is 1080. The predicted octanol–water partition coefficient (Wildman–Crippen LogP) is 5.40. The number of benzene rings is 2. The summed E-state index contributed by atoms with van der Waals surface area (Å²) in [7, 11) is 0. The van der Waals surface area contributed by atoms with Gasteiger partial charge in [0.15, 0.2) is 0 Å². The largest absolute Gasteiger partial charge is 0.485 e. The van der Waals surface area contributed by atoms with Gasteiger partial charge in [-0.1, -0.05) is 0 Å². The van der Waals surface area contributed by atoms with Crippen molar-refractivity contribution in [3.63, 3.8) is 0 Å². The molecule has 2 aromatic carbocycles. The summed E-state index contributed by atoms with van der Waals surface area (Å²) < 4.78 is 38.9. The number of hydrogen-bond donors (Lipinski definition) is 1. The molecule has 1 aliphatic rings. The Kier molecular flexibility index (Phi) is 5.81. The van der Waals surface area contributed by atoms with Crippen molar-refractivity contribution in [2.24, 2.45) is 0 Å². The van der Waals surface area contributed by atoms with Crippen LogP contribution in [0.1, 0.15) is 23.7 Å². The van der Waals surface area contributed by atoms with Crippen molar-refractivity contribution in [3.8, 4) is 17.4 Å². The van der Waals surface area contributed by atoms with Gasteiger partial charge in [0.05, 0.1) is 11.9 Å². The molecule has 1 aliphatic heterocycles. The summed E-state index contributed by atoms with van der Waals surface area (Å²) >= 11 is 5.46. The van der Waals surface area contributed by atoms with Gasteiger partial charge in [-0.05, 0) is 54.8 Å². The van der Waals surface area contributed by atoms with Crippen LogP contribution in [0.5, 0.6) is 17.4 Å². The number of halogens is 3. The van der Waals surface area contributed by atoms with Crippen LogP contribution in [0.15, 0.2) is 54.7 Å². The summed E-state index contributed by atoms with van der Waals surface area (Å²) in [4.78, 5) is 15.4. The van der Waals surface area contributed by atoms with E-state index in [1.165, 1.54) is 18.3 Å². The van der Waals surface area contributed by atoms with E-state index in [0.717, 1.165) is 11.6 Å². The lowest BCUT2D eigenvalue weighted by Gasteiger charge is -2.27. The van der Waals surface area contributed by atoms with E-state index in [0.29, 0.717) is 41.5 Å². The van der Waals surface area contributed by atoms with Gasteiger partial charge in [-0.3, -0.25) is 4.79 Å². The van der Waals surface area contributed by atoms with Gasteiger partial charge in [-0.25, -0.2) is 13.8 Å². The number of aromatic nitrogens is 1. The van der Waals surface area contributed by atoms with E-state index in [4.69, 9.17) is 21.1 Å². The number of amides is 1. The maximum Gasteiger partial charge on any atom is 0.239 e. The SMILES string of the molecule is O=C(CCl)Nc1ccc(Oc2ccc3c(c2)CCC(c2ccc(F)cc2F)O3)nc1. The van der Waals surface area contributed by atoms with Gasteiger partial charge in [0, 0.05) is 17.7 Å². The highest BCUT2D eigenvalue weighted by molar-refractivity contribution is 6.29. The molecule has 2 heterocycles. The van der Waals surface area contributed by atoms with Crippen molar-refractivity contribution in [2.45, 2.75) is 18.9 Å². The average molecular weight is 431 g/mol. The smallest absolute Gasteiger partial charge is 0.239 e. The molecule has 8 heteroatoms. The monoisotopic (exact) mass is 430 g/mol. The van der Waals surface area contributed by atoms with Gasteiger partial charge in [-0.15, -0.1) is 11.6 Å². The van der Waals surface area contributed by atoms with Crippen LogP contribution in [-0.2, 0) is 11.2 Å². The molecule has 30 heavy (non-hydrogen) atoms. The Balaban J connectivity index is 1.44. The molecule has 0 bridgehead atoms. The lowest BCUT2D eigenvalue weighted by atomic mass is 9.97. The minimum atomic E-state index is -0.614. The molecule has 0 radical (unpaired) electrons. The third kappa shape index (κ3) is 4.52. The van der Waals surface area contributed by atoms with Crippen molar-refractivity contribution in [1.82, 2.24) is 4.98 Å². The number of carbonyl (C=O) groups is 1. The summed E-state index contributed by atoms with van der Waals surface area (Å²) in [5.74, 6) is -0.104. The van der Waals surface area contributed by atoms with Gasteiger partial charge in [0.25, 0.3) is 0 Å². The maximum absolute atomic E-state index is 14.1. The lowest BCUT2D eigenvalue weighted by molar-refractivity contribution is -0.113. The van der Waals surface area contributed by atoms with Crippen molar-refractivity contribution in [2.75, 3.05) is 11.2 Å². The van der Waals surface area contributed by atoms with E-state index in [1.54, 1.807) is 24.3 Å². The number of pyridine rings is 1. The molecule has 3 aromatic rings. The van der Waals surface area contributed by atoms with Gasteiger partial charge in [0.1, 0.15) is 35.1 Å². The quantitative estimate of drug-likeness (QED) is 0.551. The summed E-state index contributed by atoms with van der Waals surface area (Å²) in [5.41, 5.74) is 1.79. The fourth-order valence-electron chi connectivity index (χ4n) is 3.24. The van der Waals surface area contributed by atoms with Crippen LogP contribution < -0.4 is 14.8 Å². The van der Waals surface area contributed by atoms with Crippen LogP contribution in [0, 0.1) is 11.6 Å². The Morgan fingerprint density at radius 1 is 1.20 bits per heavy atom. The van der Waals surface area contributed by atoms with E-state index in [9.17, 15) is 13.6 Å². The molecule has 0 fully saturated rings. The van der Waals surface area contributed by atoms with Crippen LogP contribution in [0.3, 0.4) is 0 Å². The standard InChI is InChI=1S/C22H17ClF2N2O3/c23-11-21(28)27-15-3-8-22(26-12-15)29-16-4-7-19-13(9-16)1-6-20(30-19)17-5-2-14(24)10-18(17)25/h2-5,7-10,12,20H,1,6,11H2,(H,27,28). The molecule has 4 rings (SSSR count). The number of nitrogens with one attached hydrogen (secondary N) is 1. The third-order valence-corrected chi connectivity index (χ3v) is 4.89. The predicted molar refractivity (Wildman–Crippen MR) is 108 cm³/mol. The second kappa shape index (κ2) is 8.67. The molecule has 0 aliphatic carbocycles. The fourth-order valence-corrected chi connectivity index (χ4v) is 3.31. The molecular weight excluding hydrogens is 414 g/mol. The minimum absolute atomic E-state index is 0.135. The van der Waals surface area contributed by atoms with E-state index < -0.39 is 17.7 Å². The Morgan fingerprint density at radius 2 is 2.07 bits per heavy atom. The second-order valence-electron chi connectivity index (χ2n) is 6.75. The molecule has 1 N–H and O–H groups in total. The lowest BCUT2D eigenvalue weighted by Crippen LogP contribution is -2.16. The zero-order valence-corrected chi connectivity index (χ0v) is 16.5. The van der Waals surface area contributed by atoms with Crippen LogP contribution in [0.2, 0.25) is 0 Å². The molecule has 0 saturated heterocycles. The van der Waals surface area contributed by atoms with Crippen LogP contribution in [0.25, 0.3) is 0 Å². The number of aryl methyl sites for hydroxylation is 1. The number of alkyl halides is 1. The molecule has 1 atom stereocenters. The molecule has 5 nitrogen and oxygen atoms in total. The minimum Gasteiger partial charge on any atom is -0.485 e. The molecule has 1 unspecified atom stereocenters. The maximum atomic E-state index is 14.1. The first kappa shape index (κ1) is 20.1. The molecular formula is C22H17ClF2N2O3. The summed E-state index contributed by atoms with van der Waals surface area (Å²) in [5, 5.41) is 2.60.